The zero-order chi connectivity index (χ0) is 20.7. The smallest absolute Gasteiger partial charge is 0.244 e. The lowest BCUT2D eigenvalue weighted by atomic mass is 10.2. The summed E-state index contributed by atoms with van der Waals surface area (Å²) in [6.45, 7) is 5.18. The third-order valence-corrected chi connectivity index (χ3v) is 3.87. The molecule has 2 aromatic rings. The molecular formula is C21H26N2O5. The lowest BCUT2D eigenvalue weighted by Gasteiger charge is -2.21. The second kappa shape index (κ2) is 9.64. The molecule has 7 heteroatoms. The van der Waals surface area contributed by atoms with Crippen molar-refractivity contribution in [1.29, 1.82) is 0 Å². The van der Waals surface area contributed by atoms with Gasteiger partial charge in [-0.05, 0) is 50.2 Å². The van der Waals surface area contributed by atoms with Gasteiger partial charge in [0.1, 0.15) is 12.3 Å². The third-order valence-electron chi connectivity index (χ3n) is 3.87. The van der Waals surface area contributed by atoms with Crippen molar-refractivity contribution in [3.63, 3.8) is 0 Å². The average molecular weight is 386 g/mol. The first-order valence-corrected chi connectivity index (χ1v) is 8.90. The van der Waals surface area contributed by atoms with E-state index < -0.39 is 0 Å². The molecule has 0 unspecified atom stereocenters. The number of carbonyl (C=O) groups is 2. The maximum absolute atomic E-state index is 12.5. The first-order chi connectivity index (χ1) is 13.3. The molecule has 0 heterocycles. The Labute approximate surface area is 165 Å². The fraction of sp³-hybridized carbons (Fsp3) is 0.333. The number of nitrogens with one attached hydrogen (secondary N) is 1. The molecule has 1 N–H and O–H groups in total. The van der Waals surface area contributed by atoms with E-state index in [4.69, 9.17) is 14.2 Å². The zero-order valence-electron chi connectivity index (χ0n) is 16.8. The van der Waals surface area contributed by atoms with Crippen molar-refractivity contribution in [3.8, 4) is 17.2 Å². The molecular weight excluding hydrogens is 360 g/mol. The number of hydrogen-bond donors (Lipinski definition) is 1. The number of rotatable bonds is 8. The summed E-state index contributed by atoms with van der Waals surface area (Å²) >= 11 is 0. The van der Waals surface area contributed by atoms with Crippen LogP contribution in [-0.4, -0.2) is 38.7 Å². The monoisotopic (exact) mass is 386 g/mol. The van der Waals surface area contributed by atoms with Gasteiger partial charge in [0.25, 0.3) is 0 Å². The van der Waals surface area contributed by atoms with Crippen molar-refractivity contribution in [3.05, 3.63) is 42.5 Å². The van der Waals surface area contributed by atoms with Crippen LogP contribution in [0.2, 0.25) is 0 Å². The Morgan fingerprint density at radius 2 is 1.64 bits per heavy atom. The lowest BCUT2D eigenvalue weighted by Crippen LogP contribution is -2.36. The SMILES string of the molecule is COc1ccc(NC(=O)CN(C(C)=O)c2ccc(OC(C)C)cc2)cc1OC. The molecule has 7 nitrogen and oxygen atoms in total. The summed E-state index contributed by atoms with van der Waals surface area (Å²) < 4.78 is 16.0. The summed E-state index contributed by atoms with van der Waals surface area (Å²) in [5.41, 5.74) is 1.16. The molecule has 0 saturated carbocycles. The molecule has 0 atom stereocenters. The molecule has 0 aliphatic heterocycles. The van der Waals surface area contributed by atoms with E-state index in [1.165, 1.54) is 18.9 Å². The molecule has 0 spiro atoms. The second-order valence-corrected chi connectivity index (χ2v) is 6.38. The molecule has 2 rings (SSSR count). The number of methoxy groups -OCH3 is 2. The van der Waals surface area contributed by atoms with Crippen LogP contribution in [-0.2, 0) is 9.59 Å². The maximum Gasteiger partial charge on any atom is 0.244 e. The van der Waals surface area contributed by atoms with Gasteiger partial charge in [-0.1, -0.05) is 0 Å². The molecule has 0 bridgehead atoms. The van der Waals surface area contributed by atoms with E-state index in [9.17, 15) is 9.59 Å². The van der Waals surface area contributed by atoms with Crippen LogP contribution in [0.15, 0.2) is 42.5 Å². The maximum atomic E-state index is 12.5. The number of amides is 2. The van der Waals surface area contributed by atoms with Gasteiger partial charge in [-0.15, -0.1) is 0 Å². The summed E-state index contributed by atoms with van der Waals surface area (Å²) in [4.78, 5) is 25.9. The molecule has 2 amide bonds. The van der Waals surface area contributed by atoms with Crippen LogP contribution in [0.25, 0.3) is 0 Å². The average Bonchev–Trinajstić information content (AvgIpc) is 2.66. The van der Waals surface area contributed by atoms with Crippen molar-refractivity contribution in [1.82, 2.24) is 0 Å². The normalized spacial score (nSPS) is 10.4. The van der Waals surface area contributed by atoms with Crippen molar-refractivity contribution in [2.45, 2.75) is 26.9 Å². The fourth-order valence-electron chi connectivity index (χ4n) is 2.62. The molecule has 28 heavy (non-hydrogen) atoms. The highest BCUT2D eigenvalue weighted by Crippen LogP contribution is 2.29. The third kappa shape index (κ3) is 5.64. The van der Waals surface area contributed by atoms with Crippen LogP contribution in [0, 0.1) is 0 Å². The van der Waals surface area contributed by atoms with Gasteiger partial charge in [0.2, 0.25) is 11.8 Å². The predicted octanol–water partition coefficient (Wildman–Crippen LogP) is 3.48. The first kappa shape index (κ1) is 21.1. The molecule has 0 aliphatic carbocycles. The Kier molecular flexibility index (Phi) is 7.26. The highest BCUT2D eigenvalue weighted by atomic mass is 16.5. The largest absolute Gasteiger partial charge is 0.493 e. The quantitative estimate of drug-likeness (QED) is 0.752. The predicted molar refractivity (Wildman–Crippen MR) is 108 cm³/mol. The van der Waals surface area contributed by atoms with Gasteiger partial charge in [0, 0.05) is 24.4 Å². The van der Waals surface area contributed by atoms with Gasteiger partial charge in [-0.2, -0.15) is 0 Å². The van der Waals surface area contributed by atoms with Gasteiger partial charge in [-0.25, -0.2) is 0 Å². The van der Waals surface area contributed by atoms with Gasteiger partial charge >= 0.3 is 0 Å². The van der Waals surface area contributed by atoms with Crippen molar-refractivity contribution in [2.24, 2.45) is 0 Å². The highest BCUT2D eigenvalue weighted by molar-refractivity contribution is 6.01. The first-order valence-electron chi connectivity index (χ1n) is 8.90. The number of ether oxygens (including phenoxy) is 3. The van der Waals surface area contributed by atoms with E-state index >= 15 is 0 Å². The molecule has 2 aromatic carbocycles. The molecule has 0 fully saturated rings. The Balaban J connectivity index is 2.09. The molecule has 0 saturated heterocycles. The topological polar surface area (TPSA) is 77.1 Å². The van der Waals surface area contributed by atoms with E-state index in [1.807, 2.05) is 13.8 Å². The molecule has 0 aliphatic rings. The molecule has 0 radical (unpaired) electrons. The summed E-state index contributed by atoms with van der Waals surface area (Å²) in [5, 5.41) is 2.77. The van der Waals surface area contributed by atoms with Gasteiger partial charge in [0.05, 0.1) is 20.3 Å². The Morgan fingerprint density at radius 1 is 1.00 bits per heavy atom. The van der Waals surface area contributed by atoms with E-state index in [-0.39, 0.29) is 24.5 Å². The summed E-state index contributed by atoms with van der Waals surface area (Å²) in [6.07, 6.45) is 0.0574. The van der Waals surface area contributed by atoms with E-state index in [0.29, 0.717) is 28.6 Å². The lowest BCUT2D eigenvalue weighted by molar-refractivity contribution is -0.120. The van der Waals surface area contributed by atoms with Crippen LogP contribution < -0.4 is 24.4 Å². The Morgan fingerprint density at radius 3 is 2.18 bits per heavy atom. The minimum Gasteiger partial charge on any atom is -0.493 e. The van der Waals surface area contributed by atoms with E-state index in [2.05, 4.69) is 5.32 Å². The minimum atomic E-state index is -0.329. The summed E-state index contributed by atoms with van der Waals surface area (Å²) in [5.74, 6) is 1.21. The highest BCUT2D eigenvalue weighted by Gasteiger charge is 2.17. The van der Waals surface area contributed by atoms with Gasteiger partial charge < -0.3 is 24.4 Å². The Hall–Kier alpha value is -3.22. The number of hydrogen-bond acceptors (Lipinski definition) is 5. The molecule has 0 aromatic heterocycles. The summed E-state index contributed by atoms with van der Waals surface area (Å²) in [6, 6.07) is 12.1. The summed E-state index contributed by atoms with van der Waals surface area (Å²) in [7, 11) is 3.06. The number of carbonyl (C=O) groups excluding carboxylic acids is 2. The van der Waals surface area contributed by atoms with Crippen LogP contribution in [0.4, 0.5) is 11.4 Å². The molecule has 150 valence electrons. The van der Waals surface area contributed by atoms with Crippen LogP contribution in [0.5, 0.6) is 17.2 Å². The van der Waals surface area contributed by atoms with Gasteiger partial charge in [0.15, 0.2) is 11.5 Å². The van der Waals surface area contributed by atoms with Gasteiger partial charge in [-0.3, -0.25) is 9.59 Å². The van der Waals surface area contributed by atoms with Crippen LogP contribution in [0.3, 0.4) is 0 Å². The minimum absolute atomic E-state index is 0.0574. The number of anilines is 2. The van der Waals surface area contributed by atoms with Crippen LogP contribution in [0.1, 0.15) is 20.8 Å². The van der Waals surface area contributed by atoms with Crippen molar-refractivity contribution >= 4 is 23.2 Å². The van der Waals surface area contributed by atoms with Crippen molar-refractivity contribution < 1.29 is 23.8 Å². The van der Waals surface area contributed by atoms with E-state index in [1.54, 1.807) is 49.6 Å². The van der Waals surface area contributed by atoms with E-state index in [0.717, 1.165) is 0 Å². The van der Waals surface area contributed by atoms with Crippen LogP contribution >= 0.6 is 0 Å². The number of benzene rings is 2. The standard InChI is InChI=1S/C21H26N2O5/c1-14(2)28-18-9-7-17(8-10-18)23(15(3)24)13-21(25)22-16-6-11-19(26-4)20(12-16)27-5/h6-12,14H,13H2,1-5H3,(H,22,25). The Bertz CT molecular complexity index is 818. The second-order valence-electron chi connectivity index (χ2n) is 6.38. The number of nitrogens with zero attached hydrogens (tertiary/aromatic N) is 1. The van der Waals surface area contributed by atoms with Crippen molar-refractivity contribution in [2.75, 3.05) is 31.0 Å². The zero-order valence-corrected chi connectivity index (χ0v) is 16.8. The fourth-order valence-corrected chi connectivity index (χ4v) is 2.62.